The number of hydrogen-bond acceptors (Lipinski definition) is 4. The third-order valence-corrected chi connectivity index (χ3v) is 3.38. The molecule has 2 heterocycles. The summed E-state index contributed by atoms with van der Waals surface area (Å²) >= 11 is 1.81. The Morgan fingerprint density at radius 3 is 3.19 bits per heavy atom. The molecule has 0 atom stereocenters. The first-order valence-electron chi connectivity index (χ1n) is 5.50. The van der Waals surface area contributed by atoms with Crippen LogP contribution in [0, 0.1) is 0 Å². The Hall–Kier alpha value is -1.20. The zero-order valence-corrected chi connectivity index (χ0v) is 10.2. The van der Waals surface area contributed by atoms with E-state index in [1.165, 1.54) is 4.88 Å². The topological polar surface area (TPSA) is 42.7 Å². The van der Waals surface area contributed by atoms with Crippen LogP contribution >= 0.6 is 11.3 Å². The molecule has 0 radical (unpaired) electrons. The van der Waals surface area contributed by atoms with E-state index < -0.39 is 0 Å². The minimum atomic E-state index is 0.791. The van der Waals surface area contributed by atoms with Crippen molar-refractivity contribution in [2.24, 2.45) is 0 Å². The van der Waals surface area contributed by atoms with Gasteiger partial charge in [0.15, 0.2) is 0 Å². The van der Waals surface area contributed by atoms with E-state index in [2.05, 4.69) is 44.5 Å². The molecule has 0 aliphatic rings. The van der Waals surface area contributed by atoms with Crippen molar-refractivity contribution in [3.8, 4) is 0 Å². The third kappa shape index (κ3) is 2.90. The van der Waals surface area contributed by atoms with Crippen molar-refractivity contribution in [3.63, 3.8) is 0 Å². The van der Waals surface area contributed by atoms with Gasteiger partial charge in [0.25, 0.3) is 0 Å². The molecule has 16 heavy (non-hydrogen) atoms. The lowest BCUT2D eigenvalue weighted by molar-refractivity contribution is 0.614. The second kappa shape index (κ2) is 5.77. The highest BCUT2D eigenvalue weighted by Crippen LogP contribution is 2.08. The van der Waals surface area contributed by atoms with Crippen LogP contribution in [0.1, 0.15) is 17.6 Å². The molecular formula is C11H16N4S. The maximum absolute atomic E-state index is 4.07. The molecule has 0 fully saturated rings. The van der Waals surface area contributed by atoms with Gasteiger partial charge in [-0.05, 0) is 24.8 Å². The summed E-state index contributed by atoms with van der Waals surface area (Å²) in [6, 6.07) is 4.26. The average Bonchev–Trinajstić information content (AvgIpc) is 2.95. The van der Waals surface area contributed by atoms with Crippen LogP contribution in [-0.2, 0) is 19.5 Å². The van der Waals surface area contributed by atoms with Crippen LogP contribution in [0.15, 0.2) is 23.8 Å². The maximum Gasteiger partial charge on any atom is 0.146 e. The fourth-order valence-electron chi connectivity index (χ4n) is 1.55. The van der Waals surface area contributed by atoms with Gasteiger partial charge in [0.05, 0.1) is 6.54 Å². The van der Waals surface area contributed by atoms with Gasteiger partial charge in [0.2, 0.25) is 0 Å². The van der Waals surface area contributed by atoms with Crippen molar-refractivity contribution < 1.29 is 0 Å². The summed E-state index contributed by atoms with van der Waals surface area (Å²) in [5.41, 5.74) is 0. The predicted octanol–water partition coefficient (Wildman–Crippen LogP) is 1.69. The van der Waals surface area contributed by atoms with E-state index in [-0.39, 0.29) is 0 Å². The average molecular weight is 236 g/mol. The zero-order valence-electron chi connectivity index (χ0n) is 9.39. The lowest BCUT2D eigenvalue weighted by Gasteiger charge is -2.04. The van der Waals surface area contributed by atoms with E-state index in [1.807, 2.05) is 0 Å². The summed E-state index contributed by atoms with van der Waals surface area (Å²) in [7, 11) is 0. The van der Waals surface area contributed by atoms with Crippen molar-refractivity contribution in [3.05, 3.63) is 34.5 Å². The Balaban J connectivity index is 1.72. The van der Waals surface area contributed by atoms with Gasteiger partial charge in [-0.25, -0.2) is 0 Å². The second-order valence-electron chi connectivity index (χ2n) is 3.54. The van der Waals surface area contributed by atoms with Gasteiger partial charge >= 0.3 is 0 Å². The molecular weight excluding hydrogens is 220 g/mol. The van der Waals surface area contributed by atoms with Crippen LogP contribution in [0.4, 0.5) is 0 Å². The number of nitrogens with zero attached hydrogens (tertiary/aromatic N) is 3. The summed E-state index contributed by atoms with van der Waals surface area (Å²) in [6.45, 7) is 4.80. The molecule has 0 aliphatic carbocycles. The van der Waals surface area contributed by atoms with Gasteiger partial charge < -0.3 is 9.88 Å². The van der Waals surface area contributed by atoms with Crippen molar-refractivity contribution in [1.82, 2.24) is 20.1 Å². The van der Waals surface area contributed by atoms with Gasteiger partial charge in [-0.2, -0.15) is 0 Å². The van der Waals surface area contributed by atoms with Gasteiger partial charge in [-0.15, -0.1) is 21.5 Å². The molecule has 0 saturated carbocycles. The number of nitrogens with one attached hydrogen (secondary N) is 1. The fraction of sp³-hybridized carbons (Fsp3) is 0.455. The van der Waals surface area contributed by atoms with Crippen LogP contribution in [-0.4, -0.2) is 21.3 Å². The summed E-state index contributed by atoms with van der Waals surface area (Å²) in [5, 5.41) is 13.5. The quantitative estimate of drug-likeness (QED) is 0.776. The third-order valence-electron chi connectivity index (χ3n) is 2.45. The maximum atomic E-state index is 4.07. The molecule has 0 spiro atoms. The predicted molar refractivity (Wildman–Crippen MR) is 65.4 cm³/mol. The van der Waals surface area contributed by atoms with Gasteiger partial charge in [-0.3, -0.25) is 0 Å². The van der Waals surface area contributed by atoms with Crippen LogP contribution in [0.25, 0.3) is 0 Å². The summed E-state index contributed by atoms with van der Waals surface area (Å²) in [5.74, 6) is 1.01. The first-order chi connectivity index (χ1) is 7.90. The lowest BCUT2D eigenvalue weighted by Crippen LogP contribution is -2.19. The van der Waals surface area contributed by atoms with E-state index in [1.54, 1.807) is 17.7 Å². The molecule has 2 aromatic rings. The molecule has 1 N–H and O–H groups in total. The van der Waals surface area contributed by atoms with Crippen molar-refractivity contribution >= 4 is 11.3 Å². The molecule has 86 valence electrons. The Bertz CT molecular complexity index is 407. The number of thiophene rings is 1. The molecule has 0 amide bonds. The molecule has 0 saturated heterocycles. The molecule has 2 rings (SSSR count). The molecule has 5 heteroatoms. The van der Waals surface area contributed by atoms with E-state index in [0.29, 0.717) is 0 Å². The number of aryl methyl sites for hydroxylation is 1. The van der Waals surface area contributed by atoms with E-state index in [4.69, 9.17) is 0 Å². The van der Waals surface area contributed by atoms with Gasteiger partial charge in [0, 0.05) is 18.0 Å². The first-order valence-corrected chi connectivity index (χ1v) is 6.38. The Kier molecular flexibility index (Phi) is 4.07. The van der Waals surface area contributed by atoms with Crippen molar-refractivity contribution in [2.45, 2.75) is 26.4 Å². The zero-order chi connectivity index (χ0) is 11.2. The standard InChI is InChI=1S/C11H16N4S/c1-2-15-9-13-14-11(15)8-12-6-5-10-4-3-7-16-10/h3-4,7,9,12H,2,5-6,8H2,1H3. The molecule has 0 aromatic carbocycles. The Labute approximate surface area is 99.3 Å². The second-order valence-corrected chi connectivity index (χ2v) is 4.57. The molecule has 0 bridgehead atoms. The van der Waals surface area contributed by atoms with Crippen LogP contribution in [0.2, 0.25) is 0 Å². The molecule has 2 aromatic heterocycles. The van der Waals surface area contributed by atoms with Crippen LogP contribution < -0.4 is 5.32 Å². The summed E-state index contributed by atoms with van der Waals surface area (Å²) < 4.78 is 2.05. The van der Waals surface area contributed by atoms with E-state index >= 15 is 0 Å². The van der Waals surface area contributed by atoms with Crippen LogP contribution in [0.5, 0.6) is 0 Å². The smallest absolute Gasteiger partial charge is 0.146 e. The van der Waals surface area contributed by atoms with E-state index in [9.17, 15) is 0 Å². The summed E-state index contributed by atoms with van der Waals surface area (Å²) in [6.07, 6.45) is 2.86. The van der Waals surface area contributed by atoms with Crippen molar-refractivity contribution in [1.29, 1.82) is 0 Å². The van der Waals surface area contributed by atoms with E-state index in [0.717, 1.165) is 31.9 Å². The highest BCUT2D eigenvalue weighted by atomic mass is 32.1. The fourth-order valence-corrected chi connectivity index (χ4v) is 2.26. The normalized spacial score (nSPS) is 10.8. The highest BCUT2D eigenvalue weighted by molar-refractivity contribution is 7.09. The Morgan fingerprint density at radius 2 is 2.44 bits per heavy atom. The molecule has 0 unspecified atom stereocenters. The summed E-state index contributed by atoms with van der Waals surface area (Å²) in [4.78, 5) is 1.42. The lowest BCUT2D eigenvalue weighted by atomic mass is 10.3. The van der Waals surface area contributed by atoms with Gasteiger partial charge in [-0.1, -0.05) is 6.07 Å². The SMILES string of the molecule is CCn1cnnc1CNCCc1cccs1. The Morgan fingerprint density at radius 1 is 1.50 bits per heavy atom. The molecule has 0 aliphatic heterocycles. The monoisotopic (exact) mass is 236 g/mol. The highest BCUT2D eigenvalue weighted by Gasteiger charge is 2.01. The molecule has 4 nitrogen and oxygen atoms in total. The van der Waals surface area contributed by atoms with Crippen LogP contribution in [0.3, 0.4) is 0 Å². The number of aromatic nitrogens is 3. The largest absolute Gasteiger partial charge is 0.317 e. The van der Waals surface area contributed by atoms with Gasteiger partial charge in [0.1, 0.15) is 12.2 Å². The number of rotatable bonds is 6. The first kappa shape index (κ1) is 11.3. The minimum absolute atomic E-state index is 0.791. The minimum Gasteiger partial charge on any atom is -0.317 e. The number of hydrogen-bond donors (Lipinski definition) is 1. The van der Waals surface area contributed by atoms with Crippen molar-refractivity contribution in [2.75, 3.05) is 6.54 Å².